The summed E-state index contributed by atoms with van der Waals surface area (Å²) in [5, 5.41) is 1.61. The molecule has 0 spiro atoms. The smallest absolute Gasteiger partial charge is 0.141 e. The Balaban J connectivity index is 1.60. The Hall–Kier alpha value is -2.34. The molecule has 0 amide bonds. The summed E-state index contributed by atoms with van der Waals surface area (Å²) >= 11 is 6.29. The summed E-state index contributed by atoms with van der Waals surface area (Å²) < 4.78 is 0. The molecule has 0 aliphatic carbocycles. The summed E-state index contributed by atoms with van der Waals surface area (Å²) in [4.78, 5) is 21.6. The van der Waals surface area contributed by atoms with Crippen LogP contribution in [0.4, 0.5) is 11.5 Å². The number of hydrogen-bond acceptors (Lipinski definition) is 5. The first-order valence-electron chi connectivity index (χ1n) is 9.18. The van der Waals surface area contributed by atoms with Crippen LogP contribution in [-0.2, 0) is 13.0 Å². The van der Waals surface area contributed by atoms with Gasteiger partial charge in [0.05, 0.1) is 11.4 Å². The van der Waals surface area contributed by atoms with Gasteiger partial charge < -0.3 is 14.8 Å². The van der Waals surface area contributed by atoms with E-state index in [4.69, 9.17) is 11.6 Å². The second-order valence-electron chi connectivity index (χ2n) is 7.20. The molecule has 3 aromatic rings. The third-order valence-electron chi connectivity index (χ3n) is 5.55. The fourth-order valence-corrected chi connectivity index (χ4v) is 4.43. The van der Waals surface area contributed by atoms with Crippen molar-refractivity contribution in [3.63, 3.8) is 0 Å². The number of anilines is 2. The van der Waals surface area contributed by atoms with Gasteiger partial charge in [-0.05, 0) is 31.9 Å². The maximum atomic E-state index is 6.29. The molecule has 0 saturated carbocycles. The van der Waals surface area contributed by atoms with E-state index in [-0.39, 0.29) is 0 Å². The molecule has 1 N–H and O–H groups in total. The Morgan fingerprint density at radius 2 is 2.08 bits per heavy atom. The fraction of sp³-hybridized carbons (Fsp3) is 0.421. The van der Waals surface area contributed by atoms with Gasteiger partial charge in [-0.3, -0.25) is 0 Å². The average Bonchev–Trinajstić information content (AvgIpc) is 3.31. The first kappa shape index (κ1) is 15.9. The number of pyridine rings is 1. The minimum atomic E-state index is 0.334. The molecule has 0 bridgehead atoms. The summed E-state index contributed by atoms with van der Waals surface area (Å²) in [7, 11) is 0. The van der Waals surface area contributed by atoms with E-state index in [2.05, 4.69) is 42.7 Å². The average molecular weight is 369 g/mol. The minimum absolute atomic E-state index is 0.334. The van der Waals surface area contributed by atoms with Crippen LogP contribution in [0.3, 0.4) is 0 Å². The number of halogens is 1. The second kappa shape index (κ2) is 6.13. The van der Waals surface area contributed by atoms with Crippen molar-refractivity contribution in [1.29, 1.82) is 0 Å². The van der Waals surface area contributed by atoms with Crippen LogP contribution in [0.25, 0.3) is 11.0 Å². The van der Waals surface area contributed by atoms with Crippen LogP contribution in [-0.4, -0.2) is 39.1 Å². The van der Waals surface area contributed by atoms with Crippen LogP contribution >= 0.6 is 11.6 Å². The van der Waals surface area contributed by atoms with Crippen LogP contribution in [0.1, 0.15) is 31.0 Å². The molecule has 2 aliphatic rings. The number of fused-ring (bicyclic) bond motifs is 2. The predicted molar refractivity (Wildman–Crippen MR) is 104 cm³/mol. The van der Waals surface area contributed by atoms with Crippen LogP contribution in [0.15, 0.2) is 24.7 Å². The molecule has 5 heterocycles. The zero-order valence-corrected chi connectivity index (χ0v) is 15.5. The van der Waals surface area contributed by atoms with Gasteiger partial charge in [-0.15, -0.1) is 0 Å². The third-order valence-corrected chi connectivity index (χ3v) is 5.75. The van der Waals surface area contributed by atoms with Crippen molar-refractivity contribution >= 4 is 34.1 Å². The van der Waals surface area contributed by atoms with Gasteiger partial charge in [0.2, 0.25) is 0 Å². The largest absolute Gasteiger partial charge is 0.363 e. The molecule has 7 heteroatoms. The summed E-state index contributed by atoms with van der Waals surface area (Å²) in [6.45, 7) is 5.21. The predicted octanol–water partition coefficient (Wildman–Crippen LogP) is 3.56. The molecular formula is C19H21ClN6. The summed E-state index contributed by atoms with van der Waals surface area (Å²) in [5.41, 5.74) is 4.38. The van der Waals surface area contributed by atoms with Crippen LogP contribution in [0.2, 0.25) is 5.15 Å². The van der Waals surface area contributed by atoms with E-state index >= 15 is 0 Å². The van der Waals surface area contributed by atoms with E-state index in [1.165, 1.54) is 24.1 Å². The zero-order valence-electron chi connectivity index (χ0n) is 14.7. The lowest BCUT2D eigenvalue weighted by atomic mass is 9.98. The van der Waals surface area contributed by atoms with Crippen molar-refractivity contribution in [3.05, 3.63) is 41.1 Å². The van der Waals surface area contributed by atoms with E-state index in [0.717, 1.165) is 48.6 Å². The highest BCUT2D eigenvalue weighted by atomic mass is 35.5. The number of nitrogens with one attached hydrogen (secondary N) is 1. The molecule has 6 nitrogen and oxygen atoms in total. The number of H-pyrrole nitrogens is 1. The highest BCUT2D eigenvalue weighted by Gasteiger charge is 2.30. The van der Waals surface area contributed by atoms with Gasteiger partial charge >= 0.3 is 0 Å². The van der Waals surface area contributed by atoms with E-state index < -0.39 is 0 Å². The Morgan fingerprint density at radius 3 is 2.92 bits per heavy atom. The Kier molecular flexibility index (Phi) is 3.74. The monoisotopic (exact) mass is 368 g/mol. The highest BCUT2D eigenvalue weighted by molar-refractivity contribution is 6.30. The molecule has 1 fully saturated rings. The molecule has 0 radical (unpaired) electrons. The van der Waals surface area contributed by atoms with Gasteiger partial charge in [-0.25, -0.2) is 15.0 Å². The Bertz CT molecular complexity index is 962. The molecule has 26 heavy (non-hydrogen) atoms. The van der Waals surface area contributed by atoms with Crippen molar-refractivity contribution in [1.82, 2.24) is 19.9 Å². The lowest BCUT2D eigenvalue weighted by Gasteiger charge is -2.38. The molecule has 1 unspecified atom stereocenters. The van der Waals surface area contributed by atoms with Crippen molar-refractivity contribution in [2.45, 2.75) is 38.8 Å². The number of nitrogens with zero attached hydrogens (tertiary/aromatic N) is 5. The lowest BCUT2D eigenvalue weighted by molar-refractivity contribution is 0.579. The molecular weight excluding hydrogens is 348 g/mol. The molecule has 5 rings (SSSR count). The van der Waals surface area contributed by atoms with Gasteiger partial charge in [0.15, 0.2) is 0 Å². The topological polar surface area (TPSA) is 60.9 Å². The molecule has 3 aromatic heterocycles. The van der Waals surface area contributed by atoms with E-state index in [1.807, 2.05) is 12.3 Å². The molecule has 2 aliphatic heterocycles. The molecule has 1 saturated heterocycles. The Morgan fingerprint density at radius 1 is 1.23 bits per heavy atom. The fourth-order valence-electron chi connectivity index (χ4n) is 4.24. The van der Waals surface area contributed by atoms with Gasteiger partial charge in [-0.2, -0.15) is 0 Å². The van der Waals surface area contributed by atoms with Gasteiger partial charge in [0.1, 0.15) is 22.9 Å². The van der Waals surface area contributed by atoms with Crippen LogP contribution in [0, 0.1) is 0 Å². The maximum absolute atomic E-state index is 6.29. The highest BCUT2D eigenvalue weighted by Crippen LogP contribution is 2.36. The minimum Gasteiger partial charge on any atom is -0.363 e. The van der Waals surface area contributed by atoms with Crippen molar-refractivity contribution in [2.24, 2.45) is 0 Å². The van der Waals surface area contributed by atoms with E-state index in [1.54, 1.807) is 6.33 Å². The van der Waals surface area contributed by atoms with E-state index in [9.17, 15) is 0 Å². The van der Waals surface area contributed by atoms with Crippen molar-refractivity contribution in [2.75, 3.05) is 22.9 Å². The number of aromatic amines is 1. The van der Waals surface area contributed by atoms with Crippen molar-refractivity contribution in [3.8, 4) is 0 Å². The molecule has 134 valence electrons. The quantitative estimate of drug-likeness (QED) is 0.701. The number of aromatic nitrogens is 4. The Labute approximate surface area is 157 Å². The number of rotatable bonds is 2. The standard InChI is InChI=1S/C19H21ClN6/c1-12-8-15-14(19(23-11-22-15)25-6-2-3-7-25)10-26(12)16-9-17(20)24-18-13(16)4-5-21-18/h4-5,9,11-12H,2-3,6-8,10H2,1H3,(H,21,24). The van der Waals surface area contributed by atoms with Gasteiger partial charge in [0, 0.05) is 49.2 Å². The second-order valence-corrected chi connectivity index (χ2v) is 7.59. The summed E-state index contributed by atoms with van der Waals surface area (Å²) in [6, 6.07) is 4.37. The van der Waals surface area contributed by atoms with Crippen molar-refractivity contribution < 1.29 is 0 Å². The molecule has 1 atom stereocenters. The van der Waals surface area contributed by atoms with E-state index in [0.29, 0.717) is 11.2 Å². The zero-order chi connectivity index (χ0) is 17.7. The normalized spacial score (nSPS) is 20.0. The van der Waals surface area contributed by atoms with Crippen LogP contribution < -0.4 is 9.80 Å². The maximum Gasteiger partial charge on any atom is 0.141 e. The van der Waals surface area contributed by atoms with Crippen LogP contribution in [0.5, 0.6) is 0 Å². The van der Waals surface area contributed by atoms with Gasteiger partial charge in [0.25, 0.3) is 0 Å². The summed E-state index contributed by atoms with van der Waals surface area (Å²) in [5.74, 6) is 1.11. The lowest BCUT2D eigenvalue weighted by Crippen LogP contribution is -2.40. The molecule has 0 aromatic carbocycles. The van der Waals surface area contributed by atoms with Gasteiger partial charge in [-0.1, -0.05) is 11.6 Å². The summed E-state index contributed by atoms with van der Waals surface area (Å²) in [6.07, 6.45) is 7.03. The first-order valence-corrected chi connectivity index (χ1v) is 9.56. The third kappa shape index (κ3) is 2.51. The number of hydrogen-bond donors (Lipinski definition) is 1. The SMILES string of the molecule is CC1Cc2ncnc(N3CCCC3)c2CN1c1cc(Cl)nc2[nH]ccc12. The first-order chi connectivity index (χ1) is 12.7.